The van der Waals surface area contributed by atoms with E-state index in [1.807, 2.05) is 13.0 Å². The molecule has 1 aromatic rings. The number of amides is 1. The molecule has 0 atom stereocenters. The summed E-state index contributed by atoms with van der Waals surface area (Å²) in [6.45, 7) is 1.94. The van der Waals surface area contributed by atoms with Crippen LogP contribution in [0.5, 0.6) is 0 Å². The highest BCUT2D eigenvalue weighted by Crippen LogP contribution is 2.33. The third kappa shape index (κ3) is 2.76. The highest BCUT2D eigenvalue weighted by molar-refractivity contribution is 9.10. The predicted octanol–water partition coefficient (Wildman–Crippen LogP) is 3.08. The fourth-order valence-electron chi connectivity index (χ4n) is 1.71. The molecule has 0 heterocycles. The Morgan fingerprint density at radius 3 is 2.81 bits per heavy atom. The molecule has 0 aromatic heterocycles. The van der Waals surface area contributed by atoms with Gasteiger partial charge in [-0.3, -0.25) is 4.79 Å². The topological polar surface area (TPSA) is 55.1 Å². The van der Waals surface area contributed by atoms with E-state index in [1.165, 1.54) is 12.8 Å². The average Bonchev–Trinajstić information content (AvgIpc) is 2.95. The highest BCUT2D eigenvalue weighted by Gasteiger charge is 2.24. The summed E-state index contributed by atoms with van der Waals surface area (Å²) in [4.78, 5) is 11.7. The summed E-state index contributed by atoms with van der Waals surface area (Å²) in [5.74, 6) is 0.664. The van der Waals surface area contributed by atoms with Crippen molar-refractivity contribution in [2.75, 3.05) is 11.1 Å². The molecule has 1 aliphatic rings. The third-order valence-corrected chi connectivity index (χ3v) is 3.22. The predicted molar refractivity (Wildman–Crippen MR) is 69.3 cm³/mol. The van der Waals surface area contributed by atoms with Crippen molar-refractivity contribution in [1.82, 2.24) is 0 Å². The van der Waals surface area contributed by atoms with Gasteiger partial charge in [-0.25, -0.2) is 0 Å². The van der Waals surface area contributed by atoms with Crippen molar-refractivity contribution in [3.63, 3.8) is 0 Å². The molecule has 0 bridgehead atoms. The van der Waals surface area contributed by atoms with E-state index >= 15 is 0 Å². The molecule has 3 nitrogen and oxygen atoms in total. The number of halogens is 1. The van der Waals surface area contributed by atoms with Crippen LogP contribution in [0, 0.1) is 12.8 Å². The summed E-state index contributed by atoms with van der Waals surface area (Å²) in [5, 5.41) is 2.89. The van der Waals surface area contributed by atoms with Crippen LogP contribution in [-0.2, 0) is 4.79 Å². The lowest BCUT2D eigenvalue weighted by Gasteiger charge is -2.11. The van der Waals surface area contributed by atoms with Gasteiger partial charge in [-0.2, -0.15) is 0 Å². The largest absolute Gasteiger partial charge is 0.397 e. The summed E-state index contributed by atoms with van der Waals surface area (Å²) in [5.41, 5.74) is 8.21. The lowest BCUT2D eigenvalue weighted by Crippen LogP contribution is -2.14. The van der Waals surface area contributed by atoms with Gasteiger partial charge in [-0.15, -0.1) is 0 Å². The van der Waals surface area contributed by atoms with Crippen molar-refractivity contribution in [3.05, 3.63) is 22.2 Å². The van der Waals surface area contributed by atoms with Gasteiger partial charge in [0.2, 0.25) is 5.91 Å². The second-order valence-electron chi connectivity index (χ2n) is 4.38. The molecule has 1 saturated carbocycles. The first-order valence-electron chi connectivity index (χ1n) is 5.41. The van der Waals surface area contributed by atoms with Crippen LogP contribution in [0.1, 0.15) is 24.8 Å². The third-order valence-electron chi connectivity index (χ3n) is 2.77. The van der Waals surface area contributed by atoms with Gasteiger partial charge >= 0.3 is 0 Å². The first-order chi connectivity index (χ1) is 7.56. The van der Waals surface area contributed by atoms with Gasteiger partial charge < -0.3 is 11.1 Å². The van der Waals surface area contributed by atoms with E-state index in [-0.39, 0.29) is 5.91 Å². The van der Waals surface area contributed by atoms with Crippen molar-refractivity contribution in [3.8, 4) is 0 Å². The Kier molecular flexibility index (Phi) is 3.19. The second kappa shape index (κ2) is 4.45. The maximum absolute atomic E-state index is 11.7. The van der Waals surface area contributed by atoms with Crippen LogP contribution < -0.4 is 11.1 Å². The fourth-order valence-corrected chi connectivity index (χ4v) is 2.30. The van der Waals surface area contributed by atoms with E-state index in [9.17, 15) is 4.79 Å². The van der Waals surface area contributed by atoms with Crippen molar-refractivity contribution in [1.29, 1.82) is 0 Å². The minimum absolute atomic E-state index is 0.0691. The molecule has 1 amide bonds. The zero-order valence-electron chi connectivity index (χ0n) is 9.22. The maximum Gasteiger partial charge on any atom is 0.224 e. The molecule has 86 valence electrons. The van der Waals surface area contributed by atoms with Gasteiger partial charge in [0.05, 0.1) is 11.4 Å². The number of hydrogen-bond donors (Lipinski definition) is 2. The molecule has 1 aromatic carbocycles. The number of nitrogen functional groups attached to an aromatic ring is 1. The Morgan fingerprint density at radius 2 is 2.25 bits per heavy atom. The molecule has 0 saturated heterocycles. The Hall–Kier alpha value is -1.03. The summed E-state index contributed by atoms with van der Waals surface area (Å²) in [6, 6.07) is 3.75. The number of carbonyl (C=O) groups excluding carboxylic acids is 1. The zero-order valence-corrected chi connectivity index (χ0v) is 10.8. The van der Waals surface area contributed by atoms with Crippen LogP contribution in [0.25, 0.3) is 0 Å². The van der Waals surface area contributed by atoms with Crippen LogP contribution in [0.15, 0.2) is 16.6 Å². The molecule has 3 N–H and O–H groups in total. The van der Waals surface area contributed by atoms with Crippen molar-refractivity contribution >= 4 is 33.2 Å². The fraction of sp³-hybridized carbons (Fsp3) is 0.417. The van der Waals surface area contributed by atoms with E-state index in [0.29, 0.717) is 18.0 Å². The normalized spacial score (nSPS) is 14.9. The number of anilines is 2. The summed E-state index contributed by atoms with van der Waals surface area (Å²) in [7, 11) is 0. The first kappa shape index (κ1) is 11.5. The molecule has 4 heteroatoms. The lowest BCUT2D eigenvalue weighted by molar-refractivity contribution is -0.116. The molecule has 0 unspecified atom stereocenters. The van der Waals surface area contributed by atoms with Gasteiger partial charge in [0.25, 0.3) is 0 Å². The van der Waals surface area contributed by atoms with Crippen molar-refractivity contribution in [2.24, 2.45) is 5.92 Å². The number of nitrogens with two attached hydrogens (primary N) is 1. The minimum atomic E-state index is 0.0691. The number of benzene rings is 1. The van der Waals surface area contributed by atoms with Gasteiger partial charge in [0.1, 0.15) is 0 Å². The van der Waals surface area contributed by atoms with Crippen LogP contribution in [-0.4, -0.2) is 5.91 Å². The quantitative estimate of drug-likeness (QED) is 0.837. The number of aryl methyl sites for hydroxylation is 1. The summed E-state index contributed by atoms with van der Waals surface area (Å²) in [6.07, 6.45) is 2.99. The maximum atomic E-state index is 11.7. The Labute approximate surface area is 104 Å². The van der Waals surface area contributed by atoms with Gasteiger partial charge in [-0.1, -0.05) is 15.9 Å². The van der Waals surface area contributed by atoms with Gasteiger partial charge in [0, 0.05) is 10.9 Å². The Morgan fingerprint density at radius 1 is 1.56 bits per heavy atom. The monoisotopic (exact) mass is 282 g/mol. The van der Waals surface area contributed by atoms with Crippen molar-refractivity contribution in [2.45, 2.75) is 26.2 Å². The Bertz CT molecular complexity index is 404. The molecule has 16 heavy (non-hydrogen) atoms. The van der Waals surface area contributed by atoms with Gasteiger partial charge in [-0.05, 0) is 43.4 Å². The van der Waals surface area contributed by atoms with Crippen LogP contribution in [0.3, 0.4) is 0 Å². The first-order valence-corrected chi connectivity index (χ1v) is 6.21. The number of rotatable bonds is 3. The average molecular weight is 283 g/mol. The molecule has 1 fully saturated rings. The standard InChI is InChI=1S/C12H15BrN2O/c1-7-4-9(13)6-10(14)12(7)15-11(16)5-8-2-3-8/h4,6,8H,2-3,5,14H2,1H3,(H,15,16). The Balaban J connectivity index is 2.10. The molecule has 0 aliphatic heterocycles. The van der Waals surface area contributed by atoms with Crippen LogP contribution >= 0.6 is 15.9 Å². The molecular formula is C12H15BrN2O. The second-order valence-corrected chi connectivity index (χ2v) is 5.30. The van der Waals surface area contributed by atoms with Crippen LogP contribution in [0.2, 0.25) is 0 Å². The summed E-state index contributed by atoms with van der Waals surface area (Å²) >= 11 is 3.37. The van der Waals surface area contributed by atoms with Crippen LogP contribution in [0.4, 0.5) is 11.4 Å². The molecule has 0 radical (unpaired) electrons. The van der Waals surface area contributed by atoms with E-state index < -0.39 is 0 Å². The zero-order chi connectivity index (χ0) is 11.7. The highest BCUT2D eigenvalue weighted by atomic mass is 79.9. The van der Waals surface area contributed by atoms with E-state index in [1.54, 1.807) is 6.07 Å². The smallest absolute Gasteiger partial charge is 0.224 e. The number of carbonyl (C=O) groups is 1. The minimum Gasteiger partial charge on any atom is -0.397 e. The number of nitrogens with one attached hydrogen (secondary N) is 1. The number of hydrogen-bond acceptors (Lipinski definition) is 2. The molecule has 2 rings (SSSR count). The summed E-state index contributed by atoms with van der Waals surface area (Å²) < 4.78 is 0.933. The van der Waals surface area contributed by atoms with E-state index in [0.717, 1.165) is 15.7 Å². The van der Waals surface area contributed by atoms with Gasteiger partial charge in [0.15, 0.2) is 0 Å². The molecule has 1 aliphatic carbocycles. The SMILES string of the molecule is Cc1cc(Br)cc(N)c1NC(=O)CC1CC1. The lowest BCUT2D eigenvalue weighted by atomic mass is 10.1. The van der Waals surface area contributed by atoms with E-state index in [4.69, 9.17) is 5.73 Å². The molecule has 0 spiro atoms. The van der Waals surface area contributed by atoms with E-state index in [2.05, 4.69) is 21.2 Å². The van der Waals surface area contributed by atoms with Crippen molar-refractivity contribution < 1.29 is 4.79 Å². The molecular weight excluding hydrogens is 268 g/mol.